The van der Waals surface area contributed by atoms with E-state index in [1.807, 2.05) is 18.7 Å². The Bertz CT molecular complexity index is 455. The third-order valence-corrected chi connectivity index (χ3v) is 5.18. The molecule has 5 heteroatoms. The van der Waals surface area contributed by atoms with Gasteiger partial charge in [0.25, 0.3) is 0 Å². The average Bonchev–Trinajstić information content (AvgIpc) is 2.90. The first-order chi connectivity index (χ1) is 8.12. The van der Waals surface area contributed by atoms with Crippen molar-refractivity contribution in [1.82, 2.24) is 9.78 Å². The van der Waals surface area contributed by atoms with Gasteiger partial charge >= 0.3 is 0 Å². The van der Waals surface area contributed by atoms with Gasteiger partial charge in [0.2, 0.25) is 0 Å². The second-order valence-electron chi connectivity index (χ2n) is 4.42. The molecule has 1 fully saturated rings. The summed E-state index contributed by atoms with van der Waals surface area (Å²) in [5.41, 5.74) is 1.93. The highest BCUT2D eigenvalue weighted by Crippen LogP contribution is 2.41. The molecule has 0 radical (unpaired) electrons. The number of halogens is 1. The lowest BCUT2D eigenvalue weighted by Gasteiger charge is -2.19. The van der Waals surface area contributed by atoms with E-state index in [0.717, 1.165) is 41.4 Å². The molecular weight excluding hydrogens is 254 g/mol. The number of nitriles is 1. The van der Waals surface area contributed by atoms with Crippen LogP contribution < -0.4 is 0 Å². The maximum Gasteiger partial charge on any atom is 0.108 e. The minimum atomic E-state index is -0.289. The zero-order valence-electron chi connectivity index (χ0n) is 10.2. The minimum Gasteiger partial charge on any atom is -0.271 e. The molecule has 1 aromatic rings. The van der Waals surface area contributed by atoms with E-state index in [-0.39, 0.29) is 4.75 Å². The topological polar surface area (TPSA) is 41.6 Å². The summed E-state index contributed by atoms with van der Waals surface area (Å²) in [6.07, 6.45) is 3.61. The highest BCUT2D eigenvalue weighted by molar-refractivity contribution is 8.01. The van der Waals surface area contributed by atoms with Crippen molar-refractivity contribution in [3.63, 3.8) is 0 Å². The summed E-state index contributed by atoms with van der Waals surface area (Å²) in [4.78, 5) is 0. The highest BCUT2D eigenvalue weighted by atomic mass is 35.5. The molecule has 0 spiro atoms. The number of nitrogens with zero attached hydrogens (tertiary/aromatic N) is 3. The van der Waals surface area contributed by atoms with Gasteiger partial charge < -0.3 is 0 Å². The molecule has 0 amide bonds. The van der Waals surface area contributed by atoms with E-state index < -0.39 is 0 Å². The first kappa shape index (κ1) is 12.8. The smallest absolute Gasteiger partial charge is 0.108 e. The van der Waals surface area contributed by atoms with Crippen molar-refractivity contribution in [1.29, 1.82) is 5.26 Å². The Morgan fingerprint density at radius 2 is 2.41 bits per heavy atom. The Kier molecular flexibility index (Phi) is 3.70. The molecule has 1 atom stereocenters. The molecule has 2 rings (SSSR count). The Balaban J connectivity index is 2.30. The van der Waals surface area contributed by atoms with Crippen molar-refractivity contribution in [3.05, 3.63) is 16.4 Å². The largest absolute Gasteiger partial charge is 0.271 e. The van der Waals surface area contributed by atoms with Crippen molar-refractivity contribution in [3.8, 4) is 6.07 Å². The fraction of sp³-hybridized carbons (Fsp3) is 0.667. The fourth-order valence-corrected chi connectivity index (χ4v) is 3.88. The molecule has 3 nitrogen and oxygen atoms in total. The first-order valence-electron chi connectivity index (χ1n) is 5.87. The standard InChI is InChI=1S/C12H16ClN3S/c1-3-9-11(13)10(16(2)15-9)7-12(8-14)5-4-6-17-12/h3-7H2,1-2H3. The molecule has 17 heavy (non-hydrogen) atoms. The van der Waals surface area contributed by atoms with Gasteiger partial charge in [0.1, 0.15) is 4.75 Å². The van der Waals surface area contributed by atoms with Crippen molar-refractivity contribution in [2.45, 2.75) is 37.4 Å². The molecular formula is C12H16ClN3S. The van der Waals surface area contributed by atoms with Crippen LogP contribution in [0.5, 0.6) is 0 Å². The summed E-state index contributed by atoms with van der Waals surface area (Å²) in [5.74, 6) is 1.07. The zero-order valence-corrected chi connectivity index (χ0v) is 11.7. The van der Waals surface area contributed by atoms with Gasteiger partial charge in [-0.1, -0.05) is 18.5 Å². The van der Waals surface area contributed by atoms with E-state index in [4.69, 9.17) is 11.6 Å². The summed E-state index contributed by atoms with van der Waals surface area (Å²) in [7, 11) is 1.91. The van der Waals surface area contributed by atoms with Crippen LogP contribution in [0.2, 0.25) is 5.02 Å². The van der Waals surface area contributed by atoms with E-state index >= 15 is 0 Å². The van der Waals surface area contributed by atoms with Crippen LogP contribution in [-0.2, 0) is 19.9 Å². The van der Waals surface area contributed by atoms with Gasteiger partial charge in [-0.3, -0.25) is 4.68 Å². The van der Waals surface area contributed by atoms with Gasteiger partial charge in [0, 0.05) is 13.5 Å². The van der Waals surface area contributed by atoms with Crippen molar-refractivity contribution < 1.29 is 0 Å². The Morgan fingerprint density at radius 3 is 2.88 bits per heavy atom. The molecule has 92 valence electrons. The molecule has 2 heterocycles. The van der Waals surface area contributed by atoms with Crippen molar-refractivity contribution >= 4 is 23.4 Å². The van der Waals surface area contributed by atoms with Gasteiger partial charge in [0.05, 0.1) is 22.5 Å². The normalized spacial score (nSPS) is 23.9. The molecule has 0 bridgehead atoms. The van der Waals surface area contributed by atoms with Crippen molar-refractivity contribution in [2.24, 2.45) is 7.05 Å². The molecule has 1 aliphatic rings. The molecule has 1 aliphatic heterocycles. The summed E-state index contributed by atoms with van der Waals surface area (Å²) in [6, 6.07) is 2.47. The zero-order chi connectivity index (χ0) is 12.5. The van der Waals surface area contributed by atoms with Gasteiger partial charge in [-0.15, -0.1) is 11.8 Å². The fourth-order valence-electron chi connectivity index (χ4n) is 2.25. The van der Waals surface area contributed by atoms with Crippen LogP contribution in [0.3, 0.4) is 0 Å². The van der Waals surface area contributed by atoms with E-state index in [1.165, 1.54) is 0 Å². The van der Waals surface area contributed by atoms with E-state index in [9.17, 15) is 5.26 Å². The average molecular weight is 270 g/mol. The number of thioether (sulfide) groups is 1. The third kappa shape index (κ3) is 2.31. The monoisotopic (exact) mass is 269 g/mol. The molecule has 1 aromatic heterocycles. The Morgan fingerprint density at radius 1 is 1.65 bits per heavy atom. The van der Waals surface area contributed by atoms with Crippen LogP contribution in [0.4, 0.5) is 0 Å². The minimum absolute atomic E-state index is 0.289. The molecule has 0 aliphatic carbocycles. The van der Waals surface area contributed by atoms with Gasteiger partial charge in [-0.25, -0.2) is 0 Å². The Hall–Kier alpha value is -0.660. The molecule has 0 N–H and O–H groups in total. The number of aryl methyl sites for hydroxylation is 2. The predicted molar refractivity (Wildman–Crippen MR) is 71.3 cm³/mol. The molecule has 0 aromatic carbocycles. The molecule has 0 saturated carbocycles. The van der Waals surface area contributed by atoms with Crippen LogP contribution in [-0.4, -0.2) is 20.3 Å². The summed E-state index contributed by atoms with van der Waals surface area (Å²) < 4.78 is 1.54. The first-order valence-corrected chi connectivity index (χ1v) is 7.23. The van der Waals surface area contributed by atoms with Crippen molar-refractivity contribution in [2.75, 3.05) is 5.75 Å². The van der Waals surface area contributed by atoms with Gasteiger partial charge in [0.15, 0.2) is 0 Å². The van der Waals surface area contributed by atoms with Gasteiger partial charge in [-0.05, 0) is 25.0 Å². The van der Waals surface area contributed by atoms with Crippen LogP contribution in [0, 0.1) is 11.3 Å². The Labute approximate surface area is 111 Å². The lowest BCUT2D eigenvalue weighted by molar-refractivity contribution is 0.619. The lowest BCUT2D eigenvalue weighted by atomic mass is 9.98. The van der Waals surface area contributed by atoms with E-state index in [0.29, 0.717) is 6.42 Å². The second kappa shape index (κ2) is 4.91. The maximum atomic E-state index is 9.38. The van der Waals surface area contributed by atoms with E-state index in [2.05, 4.69) is 11.2 Å². The van der Waals surface area contributed by atoms with Crippen LogP contribution in [0.25, 0.3) is 0 Å². The lowest BCUT2D eigenvalue weighted by Crippen LogP contribution is -2.23. The van der Waals surface area contributed by atoms with Gasteiger partial charge in [-0.2, -0.15) is 10.4 Å². The predicted octanol–water partition coefficient (Wildman–Crippen LogP) is 2.97. The summed E-state index contributed by atoms with van der Waals surface area (Å²) in [5, 5.41) is 14.5. The van der Waals surface area contributed by atoms with Crippen LogP contribution in [0.1, 0.15) is 31.2 Å². The molecule has 1 saturated heterocycles. The number of hydrogen-bond acceptors (Lipinski definition) is 3. The quantitative estimate of drug-likeness (QED) is 0.847. The van der Waals surface area contributed by atoms with E-state index in [1.54, 1.807) is 11.8 Å². The SMILES string of the molecule is CCc1nn(C)c(CC2(C#N)CCCS2)c1Cl. The number of aromatic nitrogens is 2. The molecule has 1 unspecified atom stereocenters. The number of hydrogen-bond donors (Lipinski definition) is 0. The summed E-state index contributed by atoms with van der Waals surface area (Å²) in [6.45, 7) is 2.04. The van der Waals surface area contributed by atoms with Crippen LogP contribution in [0.15, 0.2) is 0 Å². The second-order valence-corrected chi connectivity index (χ2v) is 6.28. The van der Waals surface area contributed by atoms with Crippen LogP contribution >= 0.6 is 23.4 Å². The third-order valence-electron chi connectivity index (χ3n) is 3.26. The highest BCUT2D eigenvalue weighted by Gasteiger charge is 2.37. The maximum absolute atomic E-state index is 9.38. The summed E-state index contributed by atoms with van der Waals surface area (Å²) >= 11 is 8.08. The number of rotatable bonds is 3.